The molecule has 2 aromatic heterocycles. The lowest BCUT2D eigenvalue weighted by atomic mass is 9.83. The van der Waals surface area contributed by atoms with Crippen LogP contribution in [0.15, 0.2) is 173 Å². The highest BCUT2D eigenvalue weighted by molar-refractivity contribution is 6.27. The van der Waals surface area contributed by atoms with Gasteiger partial charge in [-0.2, -0.15) is 0 Å². The lowest BCUT2D eigenvalue weighted by molar-refractivity contribution is 0.590. The molecule has 0 spiro atoms. The maximum atomic E-state index is 6.90. The van der Waals surface area contributed by atoms with Crippen molar-refractivity contribution in [3.8, 4) is 33.4 Å². The molecule has 0 bridgehead atoms. The molecule has 9 aromatic carbocycles. The molecule has 0 aliphatic heterocycles. The van der Waals surface area contributed by atoms with Gasteiger partial charge in [-0.15, -0.1) is 0 Å². The van der Waals surface area contributed by atoms with E-state index in [0.717, 1.165) is 65.8 Å². The van der Waals surface area contributed by atoms with Crippen molar-refractivity contribution in [2.24, 2.45) is 0 Å². The first-order chi connectivity index (χ1) is 26.4. The Hall–Kier alpha value is -6.64. The lowest BCUT2D eigenvalue weighted by Crippen LogP contribution is -2.10. The molecule has 11 aromatic rings. The Bertz CT molecular complexity index is 3240. The summed E-state index contributed by atoms with van der Waals surface area (Å²) >= 11 is 0. The Labute approximate surface area is 312 Å². The zero-order valence-corrected chi connectivity index (χ0v) is 30.4. The summed E-state index contributed by atoms with van der Waals surface area (Å²) in [5.41, 5.74) is 12.0. The van der Waals surface area contributed by atoms with Crippen LogP contribution in [0.2, 0.25) is 0 Å². The molecular formula is C52H36O2. The predicted octanol–water partition coefficient (Wildman–Crippen LogP) is 15.2. The van der Waals surface area contributed by atoms with Crippen molar-refractivity contribution < 1.29 is 8.83 Å². The van der Waals surface area contributed by atoms with Crippen LogP contribution in [-0.2, 0) is 5.41 Å². The van der Waals surface area contributed by atoms with E-state index < -0.39 is 0 Å². The average molecular weight is 693 g/mol. The van der Waals surface area contributed by atoms with Crippen LogP contribution in [0.4, 0.5) is 0 Å². The van der Waals surface area contributed by atoms with Crippen LogP contribution in [0.25, 0.3) is 110 Å². The SMILES string of the molecule is CC(C)(C)c1ccc2oc3cc(-c4cc5c6ccccc6oc5c5ccccc45)cc(-c4c5ccccc5c(-c5ccccc5)c5ccccc45)c3c2c1. The van der Waals surface area contributed by atoms with Crippen LogP contribution in [0.1, 0.15) is 26.3 Å². The van der Waals surface area contributed by atoms with E-state index in [2.05, 4.69) is 178 Å². The molecule has 2 nitrogen and oxygen atoms in total. The van der Waals surface area contributed by atoms with Gasteiger partial charge in [0.05, 0.1) is 0 Å². The molecular weight excluding hydrogens is 657 g/mol. The number of hydrogen-bond donors (Lipinski definition) is 0. The van der Waals surface area contributed by atoms with Gasteiger partial charge in [0.1, 0.15) is 22.3 Å². The van der Waals surface area contributed by atoms with Crippen LogP contribution in [-0.4, -0.2) is 0 Å². The van der Waals surface area contributed by atoms with Crippen molar-refractivity contribution in [1.29, 1.82) is 0 Å². The van der Waals surface area contributed by atoms with Crippen LogP contribution < -0.4 is 0 Å². The van der Waals surface area contributed by atoms with Gasteiger partial charge >= 0.3 is 0 Å². The third kappa shape index (κ3) is 4.53. The fourth-order valence-corrected chi connectivity index (χ4v) is 8.85. The second kappa shape index (κ2) is 11.4. The maximum absolute atomic E-state index is 6.90. The van der Waals surface area contributed by atoms with E-state index >= 15 is 0 Å². The highest BCUT2D eigenvalue weighted by atomic mass is 16.3. The molecule has 256 valence electrons. The monoisotopic (exact) mass is 692 g/mol. The molecule has 0 unspecified atom stereocenters. The number of fused-ring (bicyclic) bond motifs is 10. The third-order valence-corrected chi connectivity index (χ3v) is 11.4. The number of benzene rings is 9. The van der Waals surface area contributed by atoms with E-state index in [1.54, 1.807) is 0 Å². The predicted molar refractivity (Wildman–Crippen MR) is 229 cm³/mol. The molecule has 2 heteroatoms. The summed E-state index contributed by atoms with van der Waals surface area (Å²) < 4.78 is 13.4. The van der Waals surface area contributed by atoms with Crippen molar-refractivity contribution >= 4 is 76.2 Å². The summed E-state index contributed by atoms with van der Waals surface area (Å²) in [6, 6.07) is 59.4. The second-order valence-corrected chi connectivity index (χ2v) is 15.6. The van der Waals surface area contributed by atoms with Crippen LogP contribution in [0.3, 0.4) is 0 Å². The molecule has 0 amide bonds. The quantitative estimate of drug-likeness (QED) is 0.172. The molecule has 2 heterocycles. The molecule has 11 rings (SSSR count). The first-order valence-electron chi connectivity index (χ1n) is 18.8. The number of rotatable bonds is 3. The molecule has 0 fully saturated rings. The summed E-state index contributed by atoms with van der Waals surface area (Å²) in [6.45, 7) is 6.83. The van der Waals surface area contributed by atoms with Crippen LogP contribution in [0.5, 0.6) is 0 Å². The minimum atomic E-state index is -0.0176. The van der Waals surface area contributed by atoms with Gasteiger partial charge in [0, 0.05) is 26.9 Å². The van der Waals surface area contributed by atoms with Crippen molar-refractivity contribution in [2.75, 3.05) is 0 Å². The van der Waals surface area contributed by atoms with E-state index in [-0.39, 0.29) is 5.41 Å². The normalized spacial score (nSPS) is 12.4. The van der Waals surface area contributed by atoms with Crippen molar-refractivity contribution in [3.05, 3.63) is 169 Å². The topological polar surface area (TPSA) is 26.3 Å². The van der Waals surface area contributed by atoms with E-state index in [4.69, 9.17) is 8.83 Å². The first kappa shape index (κ1) is 30.9. The minimum absolute atomic E-state index is 0.0176. The van der Waals surface area contributed by atoms with E-state index in [1.807, 2.05) is 6.07 Å². The zero-order valence-electron chi connectivity index (χ0n) is 30.4. The number of hydrogen-bond acceptors (Lipinski definition) is 2. The van der Waals surface area contributed by atoms with Crippen LogP contribution in [0, 0.1) is 0 Å². The molecule has 0 atom stereocenters. The third-order valence-electron chi connectivity index (χ3n) is 11.4. The Morgan fingerprint density at radius 3 is 1.61 bits per heavy atom. The number of para-hydroxylation sites is 1. The average Bonchev–Trinajstić information content (AvgIpc) is 3.77. The van der Waals surface area contributed by atoms with Crippen molar-refractivity contribution in [1.82, 2.24) is 0 Å². The van der Waals surface area contributed by atoms with E-state index in [1.165, 1.54) is 49.4 Å². The van der Waals surface area contributed by atoms with E-state index in [0.29, 0.717) is 0 Å². The molecule has 0 aliphatic carbocycles. The van der Waals surface area contributed by atoms with Gasteiger partial charge < -0.3 is 8.83 Å². The van der Waals surface area contributed by atoms with E-state index in [9.17, 15) is 0 Å². The van der Waals surface area contributed by atoms with Crippen LogP contribution >= 0.6 is 0 Å². The highest BCUT2D eigenvalue weighted by Gasteiger charge is 2.24. The molecule has 0 saturated carbocycles. The summed E-state index contributed by atoms with van der Waals surface area (Å²) in [7, 11) is 0. The minimum Gasteiger partial charge on any atom is -0.456 e. The summed E-state index contributed by atoms with van der Waals surface area (Å²) in [4.78, 5) is 0. The van der Waals surface area contributed by atoms with Gasteiger partial charge in [0.15, 0.2) is 0 Å². The summed E-state index contributed by atoms with van der Waals surface area (Å²) in [5, 5.41) is 11.7. The summed E-state index contributed by atoms with van der Waals surface area (Å²) in [6.07, 6.45) is 0. The molecule has 0 aliphatic rings. The van der Waals surface area contributed by atoms with Crippen molar-refractivity contribution in [3.63, 3.8) is 0 Å². The maximum Gasteiger partial charge on any atom is 0.143 e. The standard InChI is InChI=1S/C52H36O2/c1-52(2,3)33-25-26-46-43(29-33)50-44(49-38-21-10-8-19-36(38)48(31-15-5-4-6-16-31)37-20-9-11-22-39(37)49)27-32(28-47(50)53-46)41-30-42-35-18-13-14-24-45(35)54-51(42)40-23-12-7-17-34(40)41/h4-30H,1-3H3. The molecule has 0 saturated heterocycles. The van der Waals surface area contributed by atoms with Crippen molar-refractivity contribution in [2.45, 2.75) is 26.2 Å². The molecule has 54 heavy (non-hydrogen) atoms. The Balaban J connectivity index is 1.32. The number of furan rings is 2. The largest absolute Gasteiger partial charge is 0.456 e. The Kier molecular flexibility index (Phi) is 6.55. The van der Waals surface area contributed by atoms with Gasteiger partial charge in [0.25, 0.3) is 0 Å². The first-order valence-corrected chi connectivity index (χ1v) is 18.8. The second-order valence-electron chi connectivity index (χ2n) is 15.6. The molecule has 0 N–H and O–H groups in total. The fraction of sp³-hybridized carbons (Fsp3) is 0.0769. The van der Waals surface area contributed by atoms with Gasteiger partial charge in [0.2, 0.25) is 0 Å². The lowest BCUT2D eigenvalue weighted by Gasteiger charge is -2.20. The van der Waals surface area contributed by atoms with Gasteiger partial charge in [-0.05, 0) is 108 Å². The summed E-state index contributed by atoms with van der Waals surface area (Å²) in [5.74, 6) is 0. The van der Waals surface area contributed by atoms with Gasteiger partial charge in [-0.1, -0.05) is 148 Å². The zero-order chi connectivity index (χ0) is 36.1. The Morgan fingerprint density at radius 1 is 0.352 bits per heavy atom. The van der Waals surface area contributed by atoms with Gasteiger partial charge in [-0.3, -0.25) is 0 Å². The Morgan fingerprint density at radius 2 is 0.926 bits per heavy atom. The van der Waals surface area contributed by atoms with Gasteiger partial charge in [-0.25, -0.2) is 0 Å². The molecule has 0 radical (unpaired) electrons. The highest BCUT2D eigenvalue weighted by Crippen LogP contribution is 2.49. The fourth-order valence-electron chi connectivity index (χ4n) is 8.85. The smallest absolute Gasteiger partial charge is 0.143 e.